The van der Waals surface area contributed by atoms with Crippen LogP contribution in [0.1, 0.15) is 35.3 Å². The minimum atomic E-state index is -0.149. The largest absolute Gasteiger partial charge is 0.352 e. The van der Waals surface area contributed by atoms with E-state index in [1.165, 1.54) is 0 Å². The molecule has 1 unspecified atom stereocenters. The molecule has 1 aromatic carbocycles. The number of hydrogen-bond donors (Lipinski definition) is 1. The van der Waals surface area contributed by atoms with Crippen molar-refractivity contribution in [1.82, 2.24) is 15.1 Å². The maximum atomic E-state index is 12.5. The molecule has 0 fully saturated rings. The Hall–Kier alpha value is -2.07. The molecule has 0 spiro atoms. The fourth-order valence-electron chi connectivity index (χ4n) is 2.86. The number of carbonyl (C=O) groups excluding carboxylic acids is 1. The van der Waals surface area contributed by atoms with E-state index in [-0.39, 0.29) is 5.91 Å². The smallest absolute Gasteiger partial charge is 0.256 e. The van der Waals surface area contributed by atoms with Gasteiger partial charge in [0.05, 0.1) is 16.9 Å². The number of rotatable bonds is 4. The number of para-hydroxylation sites is 1. The molecule has 2 aromatic rings. The maximum Gasteiger partial charge on any atom is 0.256 e. The highest BCUT2D eigenvalue weighted by Gasteiger charge is 2.21. The average molecular weight is 330 g/mol. The molecular weight excluding hydrogens is 310 g/mol. The fraction of sp³-hybridized carbons (Fsp3) is 0.333. The van der Waals surface area contributed by atoms with Gasteiger partial charge in [0.15, 0.2) is 0 Å². The summed E-state index contributed by atoms with van der Waals surface area (Å²) in [5.41, 5.74) is 1.94. The van der Waals surface area contributed by atoms with E-state index in [9.17, 15) is 4.79 Å². The summed E-state index contributed by atoms with van der Waals surface area (Å²) >= 11 is 6.41. The Balaban J connectivity index is 1.76. The molecule has 1 aliphatic carbocycles. The molecule has 1 heterocycles. The van der Waals surface area contributed by atoms with E-state index in [1.54, 1.807) is 4.68 Å². The summed E-state index contributed by atoms with van der Waals surface area (Å²) < 4.78 is 1.61. The standard InChI is InChI=1S/C18H20ClN3O/c1-13-16(18(23)20-12-14-8-4-2-5-9-14)17(19)22(21-13)15-10-6-3-7-11-15/h2-4,6-7,10-11,14H,5,8-9,12H2,1H3,(H,20,23). The summed E-state index contributed by atoms with van der Waals surface area (Å²) in [4.78, 5) is 12.5. The summed E-state index contributed by atoms with van der Waals surface area (Å²) in [6.45, 7) is 2.49. The molecule has 1 atom stereocenters. The average Bonchev–Trinajstić information content (AvgIpc) is 2.89. The third-order valence-corrected chi connectivity index (χ3v) is 4.51. The van der Waals surface area contributed by atoms with E-state index in [4.69, 9.17) is 11.6 Å². The van der Waals surface area contributed by atoms with Crippen LogP contribution in [0.3, 0.4) is 0 Å². The molecule has 1 aromatic heterocycles. The molecule has 120 valence electrons. The summed E-state index contributed by atoms with van der Waals surface area (Å²) in [7, 11) is 0. The van der Waals surface area contributed by atoms with E-state index in [2.05, 4.69) is 22.6 Å². The van der Waals surface area contributed by atoms with E-state index >= 15 is 0 Å². The van der Waals surface area contributed by atoms with Crippen LogP contribution in [0.5, 0.6) is 0 Å². The first-order chi connectivity index (χ1) is 11.2. The second kappa shape index (κ2) is 7.01. The Morgan fingerprint density at radius 2 is 2.13 bits per heavy atom. The van der Waals surface area contributed by atoms with Crippen molar-refractivity contribution in [2.24, 2.45) is 5.92 Å². The van der Waals surface area contributed by atoms with Gasteiger partial charge in [0.2, 0.25) is 0 Å². The molecule has 23 heavy (non-hydrogen) atoms. The Labute approximate surface area is 141 Å². The van der Waals surface area contributed by atoms with Crippen molar-refractivity contribution in [3.05, 3.63) is 58.9 Å². The Morgan fingerprint density at radius 3 is 2.83 bits per heavy atom. The zero-order valence-corrected chi connectivity index (χ0v) is 13.9. The summed E-state index contributed by atoms with van der Waals surface area (Å²) in [6.07, 6.45) is 7.62. The Morgan fingerprint density at radius 1 is 1.35 bits per heavy atom. The molecule has 1 amide bonds. The molecule has 0 aliphatic heterocycles. The number of halogens is 1. The third-order valence-electron chi connectivity index (χ3n) is 4.16. The summed E-state index contributed by atoms with van der Waals surface area (Å²) in [5, 5.41) is 7.77. The minimum absolute atomic E-state index is 0.149. The SMILES string of the molecule is Cc1nn(-c2ccccc2)c(Cl)c1C(=O)NCC1CC=CCC1. The summed E-state index contributed by atoms with van der Waals surface area (Å²) in [5.74, 6) is 0.358. The molecule has 3 rings (SSSR count). The lowest BCUT2D eigenvalue weighted by atomic mass is 9.94. The Kier molecular flexibility index (Phi) is 4.82. The number of hydrogen-bond acceptors (Lipinski definition) is 2. The minimum Gasteiger partial charge on any atom is -0.352 e. The van der Waals surface area contributed by atoms with Crippen LogP contribution in [-0.4, -0.2) is 22.2 Å². The van der Waals surface area contributed by atoms with E-state index in [0.29, 0.717) is 28.9 Å². The number of allylic oxidation sites excluding steroid dienone is 2. The number of benzene rings is 1. The van der Waals surface area contributed by atoms with Crippen molar-refractivity contribution >= 4 is 17.5 Å². The number of nitrogens with one attached hydrogen (secondary N) is 1. The van der Waals surface area contributed by atoms with Crippen LogP contribution in [0.15, 0.2) is 42.5 Å². The fourth-order valence-corrected chi connectivity index (χ4v) is 3.22. The molecule has 0 radical (unpaired) electrons. The van der Waals surface area contributed by atoms with Crippen molar-refractivity contribution in [2.75, 3.05) is 6.54 Å². The molecule has 1 N–H and O–H groups in total. The van der Waals surface area contributed by atoms with Crippen LogP contribution in [0.25, 0.3) is 5.69 Å². The normalized spacial score (nSPS) is 17.2. The van der Waals surface area contributed by atoms with Crippen molar-refractivity contribution < 1.29 is 4.79 Å². The van der Waals surface area contributed by atoms with Crippen LogP contribution < -0.4 is 5.32 Å². The highest BCUT2D eigenvalue weighted by molar-refractivity contribution is 6.33. The molecule has 0 saturated heterocycles. The second-order valence-electron chi connectivity index (χ2n) is 5.86. The van der Waals surface area contributed by atoms with Crippen LogP contribution in [0.4, 0.5) is 0 Å². The Bertz CT molecular complexity index is 721. The van der Waals surface area contributed by atoms with Gasteiger partial charge in [-0.3, -0.25) is 4.79 Å². The molecule has 5 heteroatoms. The van der Waals surface area contributed by atoms with Gasteiger partial charge >= 0.3 is 0 Å². The molecule has 0 saturated carbocycles. The monoisotopic (exact) mass is 329 g/mol. The van der Waals surface area contributed by atoms with Gasteiger partial charge in [-0.2, -0.15) is 5.10 Å². The molecular formula is C18H20ClN3O. The topological polar surface area (TPSA) is 46.9 Å². The third kappa shape index (κ3) is 3.48. The van der Waals surface area contributed by atoms with E-state index in [0.717, 1.165) is 24.9 Å². The van der Waals surface area contributed by atoms with Gasteiger partial charge in [-0.15, -0.1) is 0 Å². The highest BCUT2D eigenvalue weighted by atomic mass is 35.5. The second-order valence-corrected chi connectivity index (χ2v) is 6.22. The van der Waals surface area contributed by atoms with Crippen LogP contribution in [0, 0.1) is 12.8 Å². The van der Waals surface area contributed by atoms with Gasteiger partial charge < -0.3 is 5.32 Å². The zero-order chi connectivity index (χ0) is 16.2. The summed E-state index contributed by atoms with van der Waals surface area (Å²) in [6, 6.07) is 9.58. The van der Waals surface area contributed by atoms with E-state index < -0.39 is 0 Å². The molecule has 0 bridgehead atoms. The lowest BCUT2D eigenvalue weighted by Gasteiger charge is -2.18. The molecule has 4 nitrogen and oxygen atoms in total. The predicted molar refractivity (Wildman–Crippen MR) is 92.1 cm³/mol. The lowest BCUT2D eigenvalue weighted by Crippen LogP contribution is -2.30. The highest BCUT2D eigenvalue weighted by Crippen LogP contribution is 2.24. The van der Waals surface area contributed by atoms with Crippen molar-refractivity contribution in [3.63, 3.8) is 0 Å². The number of nitrogens with zero attached hydrogens (tertiary/aromatic N) is 2. The first-order valence-electron chi connectivity index (χ1n) is 7.90. The maximum absolute atomic E-state index is 12.5. The number of aryl methyl sites for hydroxylation is 1. The lowest BCUT2D eigenvalue weighted by molar-refractivity contribution is 0.0946. The van der Waals surface area contributed by atoms with Crippen molar-refractivity contribution in [1.29, 1.82) is 0 Å². The first-order valence-corrected chi connectivity index (χ1v) is 8.28. The van der Waals surface area contributed by atoms with Gasteiger partial charge in [0.1, 0.15) is 5.15 Å². The van der Waals surface area contributed by atoms with Crippen LogP contribution >= 0.6 is 11.6 Å². The van der Waals surface area contributed by atoms with Crippen molar-refractivity contribution in [3.8, 4) is 5.69 Å². The molecule has 1 aliphatic rings. The van der Waals surface area contributed by atoms with Gasteiger partial charge in [0.25, 0.3) is 5.91 Å². The van der Waals surface area contributed by atoms with Gasteiger partial charge in [-0.05, 0) is 44.2 Å². The first kappa shape index (κ1) is 15.8. The van der Waals surface area contributed by atoms with Gasteiger partial charge in [-0.25, -0.2) is 4.68 Å². The van der Waals surface area contributed by atoms with Gasteiger partial charge in [0, 0.05) is 6.54 Å². The zero-order valence-electron chi connectivity index (χ0n) is 13.1. The number of aromatic nitrogens is 2. The van der Waals surface area contributed by atoms with Gasteiger partial charge in [-0.1, -0.05) is 42.0 Å². The quantitative estimate of drug-likeness (QED) is 0.864. The van der Waals surface area contributed by atoms with Crippen LogP contribution in [-0.2, 0) is 0 Å². The van der Waals surface area contributed by atoms with E-state index in [1.807, 2.05) is 37.3 Å². The van der Waals surface area contributed by atoms with Crippen LogP contribution in [0.2, 0.25) is 5.15 Å². The number of amides is 1. The number of carbonyl (C=O) groups is 1. The predicted octanol–water partition coefficient (Wildman–Crippen LogP) is 3.92. The van der Waals surface area contributed by atoms with Crippen molar-refractivity contribution in [2.45, 2.75) is 26.2 Å².